The molecule has 0 heterocycles. The van der Waals surface area contributed by atoms with E-state index in [0.29, 0.717) is 5.92 Å². The molecule has 0 bridgehead atoms. The first-order valence-electron chi connectivity index (χ1n) is 3.00. The van der Waals surface area contributed by atoms with E-state index < -0.39 is 0 Å². The van der Waals surface area contributed by atoms with Crippen LogP contribution in [0, 0.1) is 5.92 Å². The van der Waals surface area contributed by atoms with Crippen LogP contribution in [0.15, 0.2) is 0 Å². The van der Waals surface area contributed by atoms with E-state index in [1.165, 1.54) is 0 Å². The van der Waals surface area contributed by atoms with Gasteiger partial charge in [0.1, 0.15) is 0 Å². The normalized spacial score (nSPS) is 13.9. The highest BCUT2D eigenvalue weighted by atomic mass is 16.5. The number of rotatable bonds is 4. The molecule has 0 aromatic rings. The Labute approximate surface area is 51.0 Å². The summed E-state index contributed by atoms with van der Waals surface area (Å²) < 4.78 is 4.86. The topological polar surface area (TPSA) is 35.2 Å². The van der Waals surface area contributed by atoms with E-state index in [9.17, 15) is 0 Å². The van der Waals surface area contributed by atoms with Crippen molar-refractivity contribution in [2.75, 3.05) is 20.3 Å². The molecule has 1 unspecified atom stereocenters. The van der Waals surface area contributed by atoms with Crippen LogP contribution in [0.3, 0.4) is 0 Å². The second kappa shape index (κ2) is 5.06. The van der Waals surface area contributed by atoms with Gasteiger partial charge in [0.15, 0.2) is 0 Å². The van der Waals surface area contributed by atoms with E-state index in [1.54, 1.807) is 7.11 Å². The Morgan fingerprint density at radius 2 is 2.25 bits per heavy atom. The van der Waals surface area contributed by atoms with Crippen LogP contribution >= 0.6 is 0 Å². The molecule has 0 aromatic heterocycles. The molecule has 0 aliphatic rings. The zero-order valence-electron chi connectivity index (χ0n) is 5.68. The quantitative estimate of drug-likeness (QED) is 0.585. The molecule has 0 spiro atoms. The van der Waals surface area contributed by atoms with E-state index in [4.69, 9.17) is 10.5 Å². The van der Waals surface area contributed by atoms with Crippen molar-refractivity contribution in [2.24, 2.45) is 11.7 Å². The minimum Gasteiger partial charge on any atom is -0.385 e. The molecule has 0 saturated carbocycles. The minimum atomic E-state index is 0.606. The Hall–Kier alpha value is -0.0800. The number of hydrogen-bond donors (Lipinski definition) is 1. The lowest BCUT2D eigenvalue weighted by Gasteiger charge is -2.04. The highest BCUT2D eigenvalue weighted by Crippen LogP contribution is 1.96. The predicted molar refractivity (Wildman–Crippen MR) is 34.7 cm³/mol. The maximum absolute atomic E-state index is 5.36. The van der Waals surface area contributed by atoms with Crippen LogP contribution in [0.2, 0.25) is 0 Å². The van der Waals surface area contributed by atoms with Crippen molar-refractivity contribution in [1.82, 2.24) is 0 Å². The number of nitrogens with two attached hydrogens (primary N) is 1. The Kier molecular flexibility index (Phi) is 5.01. The summed E-state index contributed by atoms with van der Waals surface area (Å²) in [5.41, 5.74) is 5.36. The second-order valence-corrected chi connectivity index (χ2v) is 2.12. The summed E-state index contributed by atoms with van der Waals surface area (Å²) in [5.74, 6) is 0.606. The molecule has 2 N–H and O–H groups in total. The summed E-state index contributed by atoms with van der Waals surface area (Å²) in [6.45, 7) is 3.72. The lowest BCUT2D eigenvalue weighted by atomic mass is 10.1. The summed E-state index contributed by atoms with van der Waals surface area (Å²) in [6, 6.07) is 0. The molecule has 0 aliphatic carbocycles. The van der Waals surface area contributed by atoms with E-state index in [2.05, 4.69) is 6.92 Å². The summed E-state index contributed by atoms with van der Waals surface area (Å²) in [4.78, 5) is 0. The molecule has 0 radical (unpaired) electrons. The van der Waals surface area contributed by atoms with Crippen molar-refractivity contribution in [3.63, 3.8) is 0 Å². The van der Waals surface area contributed by atoms with Crippen LogP contribution in [0.1, 0.15) is 13.3 Å². The fourth-order valence-corrected chi connectivity index (χ4v) is 0.437. The maximum Gasteiger partial charge on any atom is 0.0465 e. The molecular formula is C6H15NO. The van der Waals surface area contributed by atoms with E-state index in [0.717, 1.165) is 19.6 Å². The lowest BCUT2D eigenvalue weighted by Crippen LogP contribution is -2.12. The van der Waals surface area contributed by atoms with Crippen LogP contribution < -0.4 is 5.73 Å². The second-order valence-electron chi connectivity index (χ2n) is 2.12. The Morgan fingerprint density at radius 3 is 2.62 bits per heavy atom. The first kappa shape index (κ1) is 7.92. The minimum absolute atomic E-state index is 0.606. The van der Waals surface area contributed by atoms with Crippen molar-refractivity contribution in [1.29, 1.82) is 0 Å². The van der Waals surface area contributed by atoms with Crippen LogP contribution in [0.5, 0.6) is 0 Å². The molecular weight excluding hydrogens is 102 g/mol. The van der Waals surface area contributed by atoms with Crippen molar-refractivity contribution in [3.8, 4) is 0 Å². The Bertz CT molecular complexity index is 47.8. The van der Waals surface area contributed by atoms with Gasteiger partial charge in [-0.2, -0.15) is 0 Å². The highest BCUT2D eigenvalue weighted by molar-refractivity contribution is 4.50. The first-order chi connectivity index (χ1) is 3.81. The molecule has 2 heteroatoms. The van der Waals surface area contributed by atoms with Crippen molar-refractivity contribution in [2.45, 2.75) is 13.3 Å². The summed E-state index contributed by atoms with van der Waals surface area (Å²) in [5, 5.41) is 0. The van der Waals surface area contributed by atoms with Gasteiger partial charge in [-0.3, -0.25) is 0 Å². The van der Waals surface area contributed by atoms with Gasteiger partial charge in [-0.15, -0.1) is 0 Å². The van der Waals surface area contributed by atoms with E-state index in [1.807, 2.05) is 0 Å². The molecule has 0 saturated heterocycles. The first-order valence-corrected chi connectivity index (χ1v) is 3.00. The van der Waals surface area contributed by atoms with Crippen molar-refractivity contribution < 1.29 is 4.74 Å². The number of methoxy groups -OCH3 is 1. The third-order valence-corrected chi connectivity index (χ3v) is 1.22. The molecule has 8 heavy (non-hydrogen) atoms. The number of ether oxygens (including phenoxy) is 1. The van der Waals surface area contributed by atoms with Gasteiger partial charge < -0.3 is 10.5 Å². The molecule has 2 nitrogen and oxygen atoms in total. The van der Waals surface area contributed by atoms with Crippen molar-refractivity contribution >= 4 is 0 Å². The van der Waals surface area contributed by atoms with Gasteiger partial charge >= 0.3 is 0 Å². The van der Waals surface area contributed by atoms with Gasteiger partial charge in [0, 0.05) is 13.7 Å². The van der Waals surface area contributed by atoms with E-state index in [-0.39, 0.29) is 0 Å². The Morgan fingerprint density at radius 1 is 1.62 bits per heavy atom. The van der Waals surface area contributed by atoms with Gasteiger partial charge in [0.2, 0.25) is 0 Å². The smallest absolute Gasteiger partial charge is 0.0465 e. The van der Waals surface area contributed by atoms with Crippen LogP contribution in [0.4, 0.5) is 0 Å². The average molecular weight is 117 g/mol. The number of hydrogen-bond acceptors (Lipinski definition) is 2. The van der Waals surface area contributed by atoms with Crippen LogP contribution in [-0.4, -0.2) is 20.3 Å². The molecule has 0 rings (SSSR count). The van der Waals surface area contributed by atoms with Gasteiger partial charge in [-0.05, 0) is 18.9 Å². The average Bonchev–Trinajstić information content (AvgIpc) is 1.83. The fraction of sp³-hybridized carbons (Fsp3) is 1.00. The maximum atomic E-state index is 5.36. The van der Waals surface area contributed by atoms with Gasteiger partial charge in [-0.1, -0.05) is 6.92 Å². The highest BCUT2D eigenvalue weighted by Gasteiger charge is 1.95. The van der Waals surface area contributed by atoms with Gasteiger partial charge in [0.05, 0.1) is 0 Å². The van der Waals surface area contributed by atoms with Gasteiger partial charge in [-0.25, -0.2) is 0 Å². The molecule has 0 fully saturated rings. The lowest BCUT2D eigenvalue weighted by molar-refractivity contribution is 0.181. The van der Waals surface area contributed by atoms with Crippen molar-refractivity contribution in [3.05, 3.63) is 0 Å². The zero-order chi connectivity index (χ0) is 6.41. The largest absolute Gasteiger partial charge is 0.385 e. The SMILES string of the molecule is COCCC(C)CN. The van der Waals surface area contributed by atoms with Crippen LogP contribution in [-0.2, 0) is 4.74 Å². The summed E-state index contributed by atoms with van der Waals surface area (Å²) in [6.07, 6.45) is 1.08. The monoisotopic (exact) mass is 117 g/mol. The third kappa shape index (κ3) is 4.09. The molecule has 50 valence electrons. The summed E-state index contributed by atoms with van der Waals surface area (Å²) in [7, 11) is 1.71. The molecule has 1 atom stereocenters. The molecule has 0 amide bonds. The van der Waals surface area contributed by atoms with Gasteiger partial charge in [0.25, 0.3) is 0 Å². The summed E-state index contributed by atoms with van der Waals surface area (Å²) >= 11 is 0. The predicted octanol–water partition coefficient (Wildman–Crippen LogP) is 0.618. The third-order valence-electron chi connectivity index (χ3n) is 1.22. The fourth-order valence-electron chi connectivity index (χ4n) is 0.437. The Balaban J connectivity index is 2.86. The van der Waals surface area contributed by atoms with E-state index >= 15 is 0 Å². The zero-order valence-corrected chi connectivity index (χ0v) is 5.68. The molecule has 0 aliphatic heterocycles. The molecule has 0 aromatic carbocycles. The standard InChI is InChI=1S/C6H15NO/c1-6(5-7)3-4-8-2/h6H,3-5,7H2,1-2H3. The van der Waals surface area contributed by atoms with Crippen LogP contribution in [0.25, 0.3) is 0 Å².